The molecule has 0 aromatic carbocycles. The van der Waals surface area contributed by atoms with Gasteiger partial charge in [-0.25, -0.2) is 0 Å². The zero-order valence-corrected chi connectivity index (χ0v) is 13.0. The summed E-state index contributed by atoms with van der Waals surface area (Å²) in [6.45, 7) is 0.506. The van der Waals surface area contributed by atoms with Gasteiger partial charge in [0, 0.05) is 24.5 Å². The standard InChI is InChI=1S/C16H18N2O3S/c19-14(20)10-22-16-13-4-2-1-3-12(13)15(21)18(16)9-11-5-7-17-8-6-11/h5-8,16H,1-4,9-10H2,(H,19,20). The lowest BCUT2D eigenvalue weighted by Gasteiger charge is -2.26. The molecule has 1 unspecified atom stereocenters. The number of aromatic nitrogens is 1. The van der Waals surface area contributed by atoms with Crippen LogP contribution >= 0.6 is 11.8 Å². The van der Waals surface area contributed by atoms with Gasteiger partial charge < -0.3 is 10.0 Å². The van der Waals surface area contributed by atoms with Crippen molar-refractivity contribution in [1.82, 2.24) is 9.88 Å². The molecule has 0 radical (unpaired) electrons. The number of pyridine rings is 1. The first-order valence-electron chi connectivity index (χ1n) is 7.42. The molecular weight excluding hydrogens is 300 g/mol. The summed E-state index contributed by atoms with van der Waals surface area (Å²) in [5.41, 5.74) is 3.09. The molecular formula is C16H18N2O3S. The van der Waals surface area contributed by atoms with Crippen LogP contribution in [0.4, 0.5) is 0 Å². The Hall–Kier alpha value is -1.82. The van der Waals surface area contributed by atoms with Crippen LogP contribution in [0.5, 0.6) is 0 Å². The van der Waals surface area contributed by atoms with Crippen molar-refractivity contribution < 1.29 is 14.7 Å². The van der Waals surface area contributed by atoms with Crippen LogP contribution < -0.4 is 0 Å². The normalized spacial score (nSPS) is 21.2. The van der Waals surface area contributed by atoms with Crippen molar-refractivity contribution in [2.45, 2.75) is 37.6 Å². The smallest absolute Gasteiger partial charge is 0.313 e. The Labute approximate surface area is 133 Å². The van der Waals surface area contributed by atoms with Crippen molar-refractivity contribution in [3.63, 3.8) is 0 Å². The van der Waals surface area contributed by atoms with Gasteiger partial charge in [-0.1, -0.05) is 0 Å². The van der Waals surface area contributed by atoms with E-state index in [4.69, 9.17) is 5.11 Å². The highest BCUT2D eigenvalue weighted by atomic mass is 32.2. The molecule has 5 nitrogen and oxygen atoms in total. The maximum absolute atomic E-state index is 12.7. The molecule has 1 atom stereocenters. The zero-order valence-electron chi connectivity index (χ0n) is 12.2. The second-order valence-electron chi connectivity index (χ2n) is 5.56. The first kappa shape index (κ1) is 15.1. The molecule has 2 heterocycles. The van der Waals surface area contributed by atoms with Gasteiger partial charge in [0.15, 0.2) is 0 Å². The first-order chi connectivity index (χ1) is 10.7. The Morgan fingerprint density at radius 2 is 2.05 bits per heavy atom. The Balaban J connectivity index is 1.83. The first-order valence-corrected chi connectivity index (χ1v) is 8.47. The number of carboxylic acids is 1. The third-order valence-corrected chi connectivity index (χ3v) is 5.35. The number of carbonyl (C=O) groups excluding carboxylic acids is 1. The molecule has 1 aromatic rings. The fourth-order valence-electron chi connectivity index (χ4n) is 3.09. The van der Waals surface area contributed by atoms with Crippen molar-refractivity contribution in [3.05, 3.63) is 41.2 Å². The Morgan fingerprint density at radius 3 is 2.77 bits per heavy atom. The Morgan fingerprint density at radius 1 is 1.32 bits per heavy atom. The molecule has 0 fully saturated rings. The van der Waals surface area contributed by atoms with Gasteiger partial charge in [0.1, 0.15) is 5.37 Å². The third kappa shape index (κ3) is 3.02. The lowest BCUT2D eigenvalue weighted by atomic mass is 9.94. The summed E-state index contributed by atoms with van der Waals surface area (Å²) in [5, 5.41) is 8.83. The second kappa shape index (κ2) is 6.52. The SMILES string of the molecule is O=C(O)CSC1C2=C(CCCC2)C(=O)N1Cc1ccncc1. The maximum atomic E-state index is 12.7. The van der Waals surface area contributed by atoms with Gasteiger partial charge in [-0.05, 0) is 49.0 Å². The summed E-state index contributed by atoms with van der Waals surface area (Å²) in [7, 11) is 0. The van der Waals surface area contributed by atoms with E-state index in [0.717, 1.165) is 42.4 Å². The summed E-state index contributed by atoms with van der Waals surface area (Å²) in [4.78, 5) is 29.4. The number of carboxylic acid groups (broad SMARTS) is 1. The number of amides is 1. The third-order valence-electron chi connectivity index (χ3n) is 4.08. The van der Waals surface area contributed by atoms with Crippen LogP contribution in [0.1, 0.15) is 31.2 Å². The van der Waals surface area contributed by atoms with E-state index in [0.29, 0.717) is 6.54 Å². The highest BCUT2D eigenvalue weighted by Gasteiger charge is 2.39. The number of rotatable bonds is 5. The number of aliphatic carboxylic acids is 1. The van der Waals surface area contributed by atoms with Crippen molar-refractivity contribution in [2.24, 2.45) is 0 Å². The molecule has 0 spiro atoms. The molecule has 0 saturated carbocycles. The van der Waals surface area contributed by atoms with Gasteiger partial charge in [-0.15, -0.1) is 11.8 Å². The predicted octanol–water partition coefficient (Wildman–Crippen LogP) is 2.44. The van der Waals surface area contributed by atoms with Crippen LogP contribution in [0.2, 0.25) is 0 Å². The van der Waals surface area contributed by atoms with Gasteiger partial charge >= 0.3 is 5.97 Å². The molecule has 116 valence electrons. The summed E-state index contributed by atoms with van der Waals surface area (Å²) in [5.74, 6) is -0.748. The van der Waals surface area contributed by atoms with Crippen molar-refractivity contribution >= 4 is 23.6 Å². The fraction of sp³-hybridized carbons (Fsp3) is 0.438. The van der Waals surface area contributed by atoms with E-state index in [-0.39, 0.29) is 17.0 Å². The average molecular weight is 318 g/mol. The molecule has 22 heavy (non-hydrogen) atoms. The molecule has 0 bridgehead atoms. The molecule has 3 rings (SSSR count). The van der Waals surface area contributed by atoms with Crippen LogP contribution in [0, 0.1) is 0 Å². The molecule has 1 aromatic heterocycles. The van der Waals surface area contributed by atoms with Crippen LogP contribution in [-0.2, 0) is 16.1 Å². The Bertz CT molecular complexity index is 615. The summed E-state index contributed by atoms with van der Waals surface area (Å²) < 4.78 is 0. The molecule has 6 heteroatoms. The van der Waals surface area contributed by atoms with E-state index < -0.39 is 5.97 Å². The number of hydrogen-bond acceptors (Lipinski definition) is 4. The topological polar surface area (TPSA) is 70.5 Å². The fourth-order valence-corrected chi connectivity index (χ4v) is 4.21. The number of thioether (sulfide) groups is 1. The zero-order chi connectivity index (χ0) is 15.5. The van der Waals surface area contributed by atoms with Gasteiger partial charge in [0.25, 0.3) is 5.91 Å². The summed E-state index contributed by atoms with van der Waals surface area (Å²) in [6, 6.07) is 3.78. The number of hydrogen-bond donors (Lipinski definition) is 1. The van der Waals surface area contributed by atoms with E-state index in [9.17, 15) is 9.59 Å². The van der Waals surface area contributed by atoms with Gasteiger partial charge in [-0.3, -0.25) is 14.6 Å². The van der Waals surface area contributed by atoms with E-state index in [1.807, 2.05) is 17.0 Å². The van der Waals surface area contributed by atoms with Crippen molar-refractivity contribution in [2.75, 3.05) is 5.75 Å². The Kier molecular flexibility index (Phi) is 4.47. The molecule has 0 saturated heterocycles. The van der Waals surface area contributed by atoms with Gasteiger partial charge in [-0.2, -0.15) is 0 Å². The molecule has 1 aliphatic heterocycles. The van der Waals surface area contributed by atoms with Gasteiger partial charge in [0.05, 0.1) is 5.75 Å². The van der Waals surface area contributed by atoms with Crippen LogP contribution in [0.3, 0.4) is 0 Å². The summed E-state index contributed by atoms with van der Waals surface area (Å²) >= 11 is 1.34. The van der Waals surface area contributed by atoms with Crippen LogP contribution in [0.25, 0.3) is 0 Å². The molecule has 1 N–H and O–H groups in total. The van der Waals surface area contributed by atoms with Crippen LogP contribution in [0.15, 0.2) is 35.7 Å². The lowest BCUT2D eigenvalue weighted by molar-refractivity contribution is -0.134. The van der Waals surface area contributed by atoms with E-state index in [2.05, 4.69) is 4.98 Å². The van der Waals surface area contributed by atoms with E-state index in [1.54, 1.807) is 12.4 Å². The number of nitrogens with zero attached hydrogens (tertiary/aromatic N) is 2. The highest BCUT2D eigenvalue weighted by Crippen LogP contribution is 2.41. The monoisotopic (exact) mass is 318 g/mol. The largest absolute Gasteiger partial charge is 0.481 e. The lowest BCUT2D eigenvalue weighted by Crippen LogP contribution is -2.33. The molecule has 1 aliphatic carbocycles. The van der Waals surface area contributed by atoms with Gasteiger partial charge in [0.2, 0.25) is 0 Å². The average Bonchev–Trinajstić information content (AvgIpc) is 2.79. The van der Waals surface area contributed by atoms with Crippen LogP contribution in [-0.4, -0.2) is 38.0 Å². The predicted molar refractivity (Wildman–Crippen MR) is 84.2 cm³/mol. The minimum absolute atomic E-state index is 0.0154. The highest BCUT2D eigenvalue weighted by molar-refractivity contribution is 8.00. The van der Waals surface area contributed by atoms with Crippen molar-refractivity contribution in [3.8, 4) is 0 Å². The van der Waals surface area contributed by atoms with E-state index >= 15 is 0 Å². The van der Waals surface area contributed by atoms with Crippen molar-refractivity contribution in [1.29, 1.82) is 0 Å². The maximum Gasteiger partial charge on any atom is 0.313 e. The number of carbonyl (C=O) groups is 2. The summed E-state index contributed by atoms with van der Waals surface area (Å²) in [6.07, 6.45) is 7.28. The minimum atomic E-state index is -0.842. The molecule has 2 aliphatic rings. The second-order valence-corrected chi connectivity index (χ2v) is 6.63. The van der Waals surface area contributed by atoms with E-state index in [1.165, 1.54) is 11.8 Å². The minimum Gasteiger partial charge on any atom is -0.481 e. The quantitative estimate of drug-likeness (QED) is 0.903. The molecule has 1 amide bonds.